The lowest BCUT2D eigenvalue weighted by Gasteiger charge is -2.34. The Kier molecular flexibility index (Phi) is 5.58. The first-order chi connectivity index (χ1) is 11.7. The van der Waals surface area contributed by atoms with Crippen LogP contribution in [0.15, 0.2) is 18.5 Å². The van der Waals surface area contributed by atoms with E-state index in [2.05, 4.69) is 30.4 Å². The Hall–Kier alpha value is -2.22. The monoisotopic (exact) mass is 332 g/mol. The number of nitrogens with one attached hydrogen (secondary N) is 2. The van der Waals surface area contributed by atoms with Gasteiger partial charge in [-0.15, -0.1) is 0 Å². The number of nitrogens with zero attached hydrogens (tertiary/aromatic N) is 4. The summed E-state index contributed by atoms with van der Waals surface area (Å²) >= 11 is 0. The molecule has 0 bridgehead atoms. The predicted octanol–water partition coefficient (Wildman–Crippen LogP) is -0.616. The molecule has 2 amide bonds. The molecule has 3 rings (SSSR count). The summed E-state index contributed by atoms with van der Waals surface area (Å²) in [5, 5.41) is 5.71. The van der Waals surface area contributed by atoms with Crippen LogP contribution < -0.4 is 15.5 Å². The number of hydrogen-bond donors (Lipinski definition) is 2. The number of rotatable bonds is 4. The van der Waals surface area contributed by atoms with E-state index >= 15 is 0 Å². The number of amides is 2. The molecule has 2 N–H and O–H groups in total. The summed E-state index contributed by atoms with van der Waals surface area (Å²) in [6.45, 7) is 4.18. The summed E-state index contributed by atoms with van der Waals surface area (Å²) in [6.07, 6.45) is 6.12. The van der Waals surface area contributed by atoms with E-state index in [9.17, 15) is 9.59 Å². The zero-order chi connectivity index (χ0) is 16.8. The van der Waals surface area contributed by atoms with Crippen molar-refractivity contribution in [2.24, 2.45) is 0 Å². The molecule has 2 aliphatic heterocycles. The normalized spacial score (nSPS) is 22.6. The molecular weight excluding hydrogens is 308 g/mol. The molecule has 1 aromatic rings. The van der Waals surface area contributed by atoms with Crippen molar-refractivity contribution in [3.63, 3.8) is 0 Å². The fourth-order valence-electron chi connectivity index (χ4n) is 3.08. The zero-order valence-corrected chi connectivity index (χ0v) is 13.8. The summed E-state index contributed by atoms with van der Waals surface area (Å²) in [7, 11) is 0. The third-order valence-electron chi connectivity index (χ3n) is 4.45. The second-order valence-corrected chi connectivity index (χ2v) is 6.22. The predicted molar refractivity (Wildman–Crippen MR) is 89.5 cm³/mol. The molecule has 0 aliphatic carbocycles. The van der Waals surface area contributed by atoms with Crippen LogP contribution in [0.4, 0.5) is 5.95 Å². The minimum atomic E-state index is -0.390. The van der Waals surface area contributed by atoms with Crippen molar-refractivity contribution in [3.8, 4) is 0 Å². The van der Waals surface area contributed by atoms with E-state index in [1.54, 1.807) is 18.5 Å². The smallest absolute Gasteiger partial charge is 0.242 e. The molecule has 130 valence electrons. The Balaban J connectivity index is 1.44. The van der Waals surface area contributed by atoms with Gasteiger partial charge in [0.25, 0.3) is 0 Å². The van der Waals surface area contributed by atoms with Crippen LogP contribution in [-0.2, 0) is 9.59 Å². The first kappa shape index (κ1) is 16.6. The number of carbonyl (C=O) groups is 2. The van der Waals surface area contributed by atoms with Gasteiger partial charge in [0.2, 0.25) is 17.8 Å². The van der Waals surface area contributed by atoms with Gasteiger partial charge < -0.3 is 15.5 Å². The standard InChI is InChI=1S/C16H24N6O2/c23-14(20-13-4-1-2-5-17-15(13)24)12-21-8-10-22(11-9-21)16-18-6-3-7-19-16/h3,6-7,13H,1-2,4-5,8-12H2,(H,17,24)(H,20,23)/t13-/m1/s1. The summed E-state index contributed by atoms with van der Waals surface area (Å²) < 4.78 is 0. The van der Waals surface area contributed by atoms with E-state index in [-0.39, 0.29) is 17.9 Å². The van der Waals surface area contributed by atoms with Crippen molar-refractivity contribution in [1.82, 2.24) is 25.5 Å². The molecule has 8 nitrogen and oxygen atoms in total. The average Bonchev–Trinajstić information content (AvgIpc) is 2.81. The molecule has 0 unspecified atom stereocenters. The highest BCUT2D eigenvalue weighted by Gasteiger charge is 2.25. The summed E-state index contributed by atoms with van der Waals surface area (Å²) in [6, 6.07) is 1.41. The van der Waals surface area contributed by atoms with E-state index in [0.717, 1.165) is 51.4 Å². The van der Waals surface area contributed by atoms with E-state index in [0.29, 0.717) is 13.1 Å². The lowest BCUT2D eigenvalue weighted by molar-refractivity contribution is -0.129. The Morgan fingerprint density at radius 1 is 1.21 bits per heavy atom. The first-order valence-corrected chi connectivity index (χ1v) is 8.54. The van der Waals surface area contributed by atoms with Crippen LogP contribution in [0.3, 0.4) is 0 Å². The van der Waals surface area contributed by atoms with Crippen molar-refractivity contribution in [2.75, 3.05) is 44.2 Å². The van der Waals surface area contributed by atoms with E-state index in [4.69, 9.17) is 0 Å². The van der Waals surface area contributed by atoms with Crippen molar-refractivity contribution in [1.29, 1.82) is 0 Å². The molecule has 0 saturated carbocycles. The van der Waals surface area contributed by atoms with Gasteiger partial charge in [-0.1, -0.05) is 0 Å². The highest BCUT2D eigenvalue weighted by Crippen LogP contribution is 2.10. The highest BCUT2D eigenvalue weighted by atomic mass is 16.2. The number of piperazine rings is 1. The lowest BCUT2D eigenvalue weighted by Crippen LogP contribution is -2.52. The minimum absolute atomic E-state index is 0.0631. The maximum absolute atomic E-state index is 12.2. The fraction of sp³-hybridized carbons (Fsp3) is 0.625. The van der Waals surface area contributed by atoms with E-state index in [1.807, 2.05) is 0 Å². The van der Waals surface area contributed by atoms with Gasteiger partial charge in [-0.25, -0.2) is 9.97 Å². The number of anilines is 1. The molecule has 2 fully saturated rings. The van der Waals surface area contributed by atoms with Gasteiger partial charge in [0.1, 0.15) is 6.04 Å². The Labute approximate surface area is 141 Å². The van der Waals surface area contributed by atoms with Gasteiger partial charge in [0.05, 0.1) is 6.54 Å². The molecule has 1 atom stereocenters. The third kappa shape index (κ3) is 4.41. The SMILES string of the molecule is O=C(CN1CCN(c2ncccn2)CC1)N[C@@H]1CCCCNC1=O. The molecular formula is C16H24N6O2. The van der Waals surface area contributed by atoms with E-state index < -0.39 is 0 Å². The number of carbonyl (C=O) groups excluding carboxylic acids is 2. The largest absolute Gasteiger partial charge is 0.354 e. The fourth-order valence-corrected chi connectivity index (χ4v) is 3.08. The van der Waals surface area contributed by atoms with Crippen molar-refractivity contribution in [2.45, 2.75) is 25.3 Å². The zero-order valence-electron chi connectivity index (χ0n) is 13.8. The van der Waals surface area contributed by atoms with Crippen LogP contribution in [0.2, 0.25) is 0 Å². The third-order valence-corrected chi connectivity index (χ3v) is 4.45. The summed E-state index contributed by atoms with van der Waals surface area (Å²) in [5.74, 6) is 0.588. The van der Waals surface area contributed by atoms with Crippen LogP contribution in [0, 0.1) is 0 Å². The topological polar surface area (TPSA) is 90.5 Å². The Morgan fingerprint density at radius 3 is 2.71 bits per heavy atom. The van der Waals surface area contributed by atoms with Gasteiger partial charge in [-0.2, -0.15) is 0 Å². The minimum Gasteiger partial charge on any atom is -0.354 e. The second-order valence-electron chi connectivity index (χ2n) is 6.22. The molecule has 2 saturated heterocycles. The molecule has 0 spiro atoms. The van der Waals surface area contributed by atoms with Gasteiger partial charge in [0.15, 0.2) is 0 Å². The Bertz CT molecular complexity index is 559. The molecule has 0 radical (unpaired) electrons. The van der Waals surface area contributed by atoms with Gasteiger partial charge in [-0.3, -0.25) is 14.5 Å². The molecule has 1 aromatic heterocycles. The second kappa shape index (κ2) is 8.05. The van der Waals surface area contributed by atoms with Gasteiger partial charge >= 0.3 is 0 Å². The quantitative estimate of drug-likeness (QED) is 0.764. The van der Waals surface area contributed by atoms with Crippen molar-refractivity contribution >= 4 is 17.8 Å². The summed E-state index contributed by atoms with van der Waals surface area (Å²) in [4.78, 5) is 36.8. The maximum Gasteiger partial charge on any atom is 0.242 e. The Morgan fingerprint density at radius 2 is 1.96 bits per heavy atom. The molecule has 0 aromatic carbocycles. The molecule has 24 heavy (non-hydrogen) atoms. The van der Waals surface area contributed by atoms with Crippen LogP contribution in [0.25, 0.3) is 0 Å². The lowest BCUT2D eigenvalue weighted by atomic mass is 10.1. The van der Waals surface area contributed by atoms with Crippen LogP contribution >= 0.6 is 0 Å². The average molecular weight is 332 g/mol. The van der Waals surface area contributed by atoms with Gasteiger partial charge in [-0.05, 0) is 25.3 Å². The number of aromatic nitrogens is 2. The van der Waals surface area contributed by atoms with Crippen molar-refractivity contribution in [3.05, 3.63) is 18.5 Å². The van der Waals surface area contributed by atoms with Crippen LogP contribution in [0.5, 0.6) is 0 Å². The molecule has 3 heterocycles. The molecule has 2 aliphatic rings. The first-order valence-electron chi connectivity index (χ1n) is 8.54. The van der Waals surface area contributed by atoms with Crippen molar-refractivity contribution < 1.29 is 9.59 Å². The maximum atomic E-state index is 12.2. The summed E-state index contributed by atoms with van der Waals surface area (Å²) in [5.41, 5.74) is 0. The molecule has 8 heteroatoms. The number of hydrogen-bond acceptors (Lipinski definition) is 6. The van der Waals surface area contributed by atoms with Crippen LogP contribution in [-0.4, -0.2) is 72.0 Å². The van der Waals surface area contributed by atoms with E-state index in [1.165, 1.54) is 0 Å². The highest BCUT2D eigenvalue weighted by molar-refractivity contribution is 5.88. The van der Waals surface area contributed by atoms with Crippen LogP contribution in [0.1, 0.15) is 19.3 Å². The van der Waals surface area contributed by atoms with Gasteiger partial charge in [0, 0.05) is 45.1 Å².